The fraction of sp³-hybridized carbons (Fsp3) is 1.00. The quantitative estimate of drug-likeness (QED) is 0.752. The summed E-state index contributed by atoms with van der Waals surface area (Å²) >= 11 is 0. The standard InChI is InChI=1S/C13H25NO2/c1-3-10-4-5-13(15)11(6-10)12-8-16-7-9(2)14-12/h9-15H,3-8H2,1-2H3. The van der Waals surface area contributed by atoms with Crippen LogP contribution in [-0.2, 0) is 4.74 Å². The first-order valence-corrected chi connectivity index (χ1v) is 6.72. The SMILES string of the molecule is CCC1CCC(O)C(C2COCC(C)N2)C1. The molecule has 1 aliphatic carbocycles. The van der Waals surface area contributed by atoms with Crippen molar-refractivity contribution in [3.63, 3.8) is 0 Å². The Hall–Kier alpha value is -0.120. The number of aliphatic hydroxyl groups excluding tert-OH is 1. The number of morpholine rings is 1. The molecule has 0 aromatic rings. The van der Waals surface area contributed by atoms with Crippen molar-refractivity contribution >= 4 is 0 Å². The lowest BCUT2D eigenvalue weighted by atomic mass is 9.75. The Morgan fingerprint density at radius 1 is 1.31 bits per heavy atom. The fourth-order valence-electron chi connectivity index (χ4n) is 3.16. The molecule has 0 aromatic carbocycles. The Labute approximate surface area is 98.6 Å². The van der Waals surface area contributed by atoms with Crippen LogP contribution in [0.1, 0.15) is 39.5 Å². The van der Waals surface area contributed by atoms with E-state index >= 15 is 0 Å². The Balaban J connectivity index is 1.94. The predicted molar refractivity (Wildman–Crippen MR) is 64.3 cm³/mol. The molecule has 2 fully saturated rings. The van der Waals surface area contributed by atoms with Gasteiger partial charge < -0.3 is 15.2 Å². The van der Waals surface area contributed by atoms with Crippen molar-refractivity contribution in [3.8, 4) is 0 Å². The molecule has 5 unspecified atom stereocenters. The van der Waals surface area contributed by atoms with Crippen LogP contribution >= 0.6 is 0 Å². The first kappa shape index (κ1) is 12.3. The van der Waals surface area contributed by atoms with Gasteiger partial charge in [-0.1, -0.05) is 13.3 Å². The number of aliphatic hydroxyl groups is 1. The third-order valence-electron chi connectivity index (χ3n) is 4.23. The van der Waals surface area contributed by atoms with E-state index in [1.807, 2.05) is 0 Å². The third-order valence-corrected chi connectivity index (χ3v) is 4.23. The van der Waals surface area contributed by atoms with Gasteiger partial charge >= 0.3 is 0 Å². The molecule has 0 bridgehead atoms. The number of nitrogens with one attached hydrogen (secondary N) is 1. The van der Waals surface area contributed by atoms with E-state index in [2.05, 4.69) is 19.2 Å². The maximum Gasteiger partial charge on any atom is 0.0624 e. The second kappa shape index (κ2) is 5.48. The molecule has 2 rings (SSSR count). The molecule has 0 radical (unpaired) electrons. The predicted octanol–water partition coefficient (Wildman–Crippen LogP) is 1.55. The van der Waals surface area contributed by atoms with E-state index in [9.17, 15) is 5.11 Å². The molecule has 16 heavy (non-hydrogen) atoms. The van der Waals surface area contributed by atoms with Crippen molar-refractivity contribution in [2.75, 3.05) is 13.2 Å². The number of hydrogen-bond acceptors (Lipinski definition) is 3. The zero-order valence-corrected chi connectivity index (χ0v) is 10.5. The van der Waals surface area contributed by atoms with Crippen LogP contribution in [0.3, 0.4) is 0 Å². The van der Waals surface area contributed by atoms with Gasteiger partial charge in [0.2, 0.25) is 0 Å². The maximum absolute atomic E-state index is 10.1. The Bertz CT molecular complexity index is 222. The Morgan fingerprint density at radius 3 is 2.81 bits per heavy atom. The van der Waals surface area contributed by atoms with E-state index in [4.69, 9.17) is 4.74 Å². The summed E-state index contributed by atoms with van der Waals surface area (Å²) in [6.07, 6.45) is 4.43. The monoisotopic (exact) mass is 227 g/mol. The van der Waals surface area contributed by atoms with E-state index < -0.39 is 0 Å². The minimum atomic E-state index is -0.130. The van der Waals surface area contributed by atoms with Gasteiger partial charge in [-0.05, 0) is 32.1 Å². The fourth-order valence-corrected chi connectivity index (χ4v) is 3.16. The highest BCUT2D eigenvalue weighted by Gasteiger charge is 2.36. The average Bonchev–Trinajstić information content (AvgIpc) is 2.30. The zero-order chi connectivity index (χ0) is 11.5. The second-order valence-electron chi connectivity index (χ2n) is 5.53. The van der Waals surface area contributed by atoms with Gasteiger partial charge in [0.15, 0.2) is 0 Å². The lowest BCUT2D eigenvalue weighted by molar-refractivity contribution is -0.0283. The minimum absolute atomic E-state index is 0.130. The summed E-state index contributed by atoms with van der Waals surface area (Å²) in [5, 5.41) is 13.7. The summed E-state index contributed by atoms with van der Waals surface area (Å²) in [6.45, 7) is 5.98. The summed E-state index contributed by atoms with van der Waals surface area (Å²) in [4.78, 5) is 0. The number of rotatable bonds is 2. The van der Waals surface area contributed by atoms with Crippen molar-refractivity contribution in [3.05, 3.63) is 0 Å². The summed E-state index contributed by atoms with van der Waals surface area (Å²) < 4.78 is 5.59. The van der Waals surface area contributed by atoms with Gasteiger partial charge in [-0.15, -0.1) is 0 Å². The van der Waals surface area contributed by atoms with Crippen molar-refractivity contribution in [1.82, 2.24) is 5.32 Å². The highest BCUT2D eigenvalue weighted by atomic mass is 16.5. The van der Waals surface area contributed by atoms with Crippen LogP contribution in [0.25, 0.3) is 0 Å². The lowest BCUT2D eigenvalue weighted by Crippen LogP contribution is -2.54. The van der Waals surface area contributed by atoms with Gasteiger partial charge in [0.05, 0.1) is 19.3 Å². The summed E-state index contributed by atoms with van der Waals surface area (Å²) in [5.41, 5.74) is 0. The van der Waals surface area contributed by atoms with E-state index in [-0.39, 0.29) is 6.10 Å². The molecule has 1 aliphatic heterocycles. The van der Waals surface area contributed by atoms with Crippen LogP contribution in [-0.4, -0.2) is 36.5 Å². The molecule has 2 aliphatic rings. The van der Waals surface area contributed by atoms with E-state index in [0.717, 1.165) is 32.0 Å². The molecule has 0 spiro atoms. The lowest BCUT2D eigenvalue weighted by Gasteiger charge is -2.41. The van der Waals surface area contributed by atoms with Crippen LogP contribution in [0.5, 0.6) is 0 Å². The van der Waals surface area contributed by atoms with Gasteiger partial charge in [-0.25, -0.2) is 0 Å². The van der Waals surface area contributed by atoms with Crippen LogP contribution < -0.4 is 5.32 Å². The highest BCUT2D eigenvalue weighted by molar-refractivity contribution is 4.90. The number of hydrogen-bond donors (Lipinski definition) is 2. The maximum atomic E-state index is 10.1. The van der Waals surface area contributed by atoms with Crippen LogP contribution in [0, 0.1) is 11.8 Å². The molecule has 5 atom stereocenters. The van der Waals surface area contributed by atoms with Crippen LogP contribution in [0.2, 0.25) is 0 Å². The van der Waals surface area contributed by atoms with E-state index in [1.165, 1.54) is 12.8 Å². The second-order valence-corrected chi connectivity index (χ2v) is 5.53. The Morgan fingerprint density at radius 2 is 2.12 bits per heavy atom. The summed E-state index contributed by atoms with van der Waals surface area (Å²) in [5.74, 6) is 1.19. The smallest absolute Gasteiger partial charge is 0.0624 e. The normalized spacial score (nSPS) is 45.6. The topological polar surface area (TPSA) is 41.5 Å². The van der Waals surface area contributed by atoms with Crippen molar-refractivity contribution < 1.29 is 9.84 Å². The minimum Gasteiger partial charge on any atom is -0.393 e. The van der Waals surface area contributed by atoms with Crippen molar-refractivity contribution in [1.29, 1.82) is 0 Å². The van der Waals surface area contributed by atoms with Gasteiger partial charge in [0, 0.05) is 18.0 Å². The molecule has 1 heterocycles. The molecule has 94 valence electrons. The molecule has 1 saturated heterocycles. The van der Waals surface area contributed by atoms with Crippen LogP contribution in [0.15, 0.2) is 0 Å². The average molecular weight is 227 g/mol. The van der Waals surface area contributed by atoms with Gasteiger partial charge in [0.1, 0.15) is 0 Å². The third kappa shape index (κ3) is 2.76. The molecule has 0 amide bonds. The van der Waals surface area contributed by atoms with Gasteiger partial charge in [0.25, 0.3) is 0 Å². The largest absolute Gasteiger partial charge is 0.393 e. The van der Waals surface area contributed by atoms with Gasteiger partial charge in [-0.2, -0.15) is 0 Å². The van der Waals surface area contributed by atoms with Crippen molar-refractivity contribution in [2.24, 2.45) is 11.8 Å². The van der Waals surface area contributed by atoms with Crippen molar-refractivity contribution in [2.45, 2.75) is 57.7 Å². The molecule has 2 N–H and O–H groups in total. The molecular weight excluding hydrogens is 202 g/mol. The summed E-state index contributed by atoms with van der Waals surface area (Å²) in [6, 6.07) is 0.779. The van der Waals surface area contributed by atoms with Crippen LogP contribution in [0.4, 0.5) is 0 Å². The summed E-state index contributed by atoms with van der Waals surface area (Å²) in [7, 11) is 0. The molecule has 3 heteroatoms. The first-order valence-electron chi connectivity index (χ1n) is 6.72. The first-order chi connectivity index (χ1) is 7.70. The highest BCUT2D eigenvalue weighted by Crippen LogP contribution is 2.34. The molecule has 0 aromatic heterocycles. The molecule has 3 nitrogen and oxygen atoms in total. The zero-order valence-electron chi connectivity index (χ0n) is 10.5. The molecular formula is C13H25NO2. The van der Waals surface area contributed by atoms with E-state index in [1.54, 1.807) is 0 Å². The van der Waals surface area contributed by atoms with E-state index in [0.29, 0.717) is 18.0 Å². The van der Waals surface area contributed by atoms with Gasteiger partial charge in [-0.3, -0.25) is 0 Å². The number of ether oxygens (including phenoxy) is 1. The Kier molecular flexibility index (Phi) is 4.22. The molecule has 1 saturated carbocycles.